The Morgan fingerprint density at radius 1 is 1.30 bits per heavy atom. The predicted octanol–water partition coefficient (Wildman–Crippen LogP) is 2.08. The fraction of sp³-hybridized carbons (Fsp3) is 0.500. The first-order valence-electron chi connectivity index (χ1n) is 8.62. The molecule has 6 nitrogen and oxygen atoms in total. The third-order valence-corrected chi connectivity index (χ3v) is 4.28. The van der Waals surface area contributed by atoms with E-state index in [-0.39, 0.29) is 25.4 Å². The molecule has 1 saturated heterocycles. The van der Waals surface area contributed by atoms with E-state index in [1.165, 1.54) is 4.90 Å². The highest BCUT2D eigenvalue weighted by molar-refractivity contribution is 5.95. The number of alkyl halides is 3. The Hall–Kier alpha value is -2.60. The first kappa shape index (κ1) is 20.7. The minimum Gasteiger partial charge on any atom is -0.346 e. The number of benzene rings is 1. The van der Waals surface area contributed by atoms with Crippen molar-refractivity contribution >= 4 is 17.5 Å². The van der Waals surface area contributed by atoms with Crippen LogP contribution in [-0.2, 0) is 9.59 Å². The van der Waals surface area contributed by atoms with E-state index in [9.17, 15) is 22.8 Å². The van der Waals surface area contributed by atoms with Gasteiger partial charge in [-0.25, -0.2) is 0 Å². The number of nitrogens with one attached hydrogen (secondary N) is 1. The Labute approximate surface area is 155 Å². The highest BCUT2D eigenvalue weighted by Gasteiger charge is 2.35. The van der Waals surface area contributed by atoms with Gasteiger partial charge in [0.2, 0.25) is 11.8 Å². The Kier molecular flexibility index (Phi) is 7.19. The van der Waals surface area contributed by atoms with E-state index in [4.69, 9.17) is 5.26 Å². The van der Waals surface area contributed by atoms with Gasteiger partial charge >= 0.3 is 6.18 Å². The number of anilines is 1. The third-order valence-electron chi connectivity index (χ3n) is 4.28. The summed E-state index contributed by atoms with van der Waals surface area (Å²) in [5.74, 6) is -1.02. The predicted molar refractivity (Wildman–Crippen MR) is 92.7 cm³/mol. The van der Waals surface area contributed by atoms with Crippen LogP contribution in [0.5, 0.6) is 0 Å². The fourth-order valence-electron chi connectivity index (χ4n) is 3.04. The molecule has 1 N–H and O–H groups in total. The van der Waals surface area contributed by atoms with E-state index < -0.39 is 24.7 Å². The first-order valence-corrected chi connectivity index (χ1v) is 8.62. The van der Waals surface area contributed by atoms with Crippen molar-refractivity contribution in [3.05, 3.63) is 30.3 Å². The van der Waals surface area contributed by atoms with Gasteiger partial charge in [0.15, 0.2) is 0 Å². The van der Waals surface area contributed by atoms with Crippen LogP contribution in [0.25, 0.3) is 0 Å². The molecule has 2 rings (SSSR count). The number of hydrogen-bond donors (Lipinski definition) is 1. The van der Waals surface area contributed by atoms with E-state index in [0.29, 0.717) is 25.1 Å². The molecular weight excluding hydrogens is 361 g/mol. The summed E-state index contributed by atoms with van der Waals surface area (Å²) in [7, 11) is 0. The van der Waals surface area contributed by atoms with Gasteiger partial charge in [0.05, 0.1) is 25.1 Å². The number of para-hydroxylation sites is 1. The van der Waals surface area contributed by atoms with Gasteiger partial charge in [-0.15, -0.1) is 0 Å². The Morgan fingerprint density at radius 3 is 2.63 bits per heavy atom. The smallest absolute Gasteiger partial charge is 0.346 e. The second-order valence-electron chi connectivity index (χ2n) is 6.25. The average Bonchev–Trinajstić information content (AvgIpc) is 3.08. The second kappa shape index (κ2) is 9.37. The fourth-order valence-corrected chi connectivity index (χ4v) is 3.04. The van der Waals surface area contributed by atoms with Gasteiger partial charge in [-0.2, -0.15) is 18.4 Å². The Balaban J connectivity index is 2.02. The van der Waals surface area contributed by atoms with Crippen molar-refractivity contribution in [2.45, 2.75) is 31.5 Å². The van der Waals surface area contributed by atoms with Crippen LogP contribution in [0, 0.1) is 11.3 Å². The van der Waals surface area contributed by atoms with Crippen LogP contribution in [0.3, 0.4) is 0 Å². The summed E-state index contributed by atoms with van der Waals surface area (Å²) in [5.41, 5.74) is 0.634. The number of carbonyl (C=O) groups excluding carboxylic acids is 2. The summed E-state index contributed by atoms with van der Waals surface area (Å²) < 4.78 is 36.9. The summed E-state index contributed by atoms with van der Waals surface area (Å²) >= 11 is 0. The molecule has 1 unspecified atom stereocenters. The van der Waals surface area contributed by atoms with Gasteiger partial charge in [-0.1, -0.05) is 18.2 Å². The summed E-state index contributed by atoms with van der Waals surface area (Å²) in [4.78, 5) is 27.9. The number of likely N-dealkylation sites (tertiary alicyclic amines) is 1. The Bertz CT molecular complexity index is 688. The molecule has 1 heterocycles. The lowest BCUT2D eigenvalue weighted by Crippen LogP contribution is -2.49. The topological polar surface area (TPSA) is 76.4 Å². The molecule has 146 valence electrons. The molecule has 9 heteroatoms. The monoisotopic (exact) mass is 382 g/mol. The molecule has 0 aliphatic carbocycles. The summed E-state index contributed by atoms with van der Waals surface area (Å²) in [6.07, 6.45) is -3.30. The maximum Gasteiger partial charge on any atom is 0.405 e. The number of hydrogen-bond acceptors (Lipinski definition) is 4. The summed E-state index contributed by atoms with van der Waals surface area (Å²) in [5, 5.41) is 10.7. The van der Waals surface area contributed by atoms with Crippen LogP contribution in [0.1, 0.15) is 19.3 Å². The van der Waals surface area contributed by atoms with Crippen molar-refractivity contribution < 1.29 is 22.8 Å². The highest BCUT2D eigenvalue weighted by Crippen LogP contribution is 2.20. The maximum absolute atomic E-state index is 12.8. The molecule has 1 atom stereocenters. The number of nitriles is 1. The van der Waals surface area contributed by atoms with Crippen molar-refractivity contribution in [3.8, 4) is 6.07 Å². The van der Waals surface area contributed by atoms with Crippen LogP contribution in [-0.4, -0.2) is 55.1 Å². The van der Waals surface area contributed by atoms with Crippen LogP contribution >= 0.6 is 0 Å². The largest absolute Gasteiger partial charge is 0.405 e. The molecule has 1 aromatic carbocycles. The molecule has 0 aromatic heterocycles. The van der Waals surface area contributed by atoms with Gasteiger partial charge in [0.25, 0.3) is 0 Å². The van der Waals surface area contributed by atoms with Crippen LogP contribution in [0.2, 0.25) is 0 Å². The van der Waals surface area contributed by atoms with E-state index >= 15 is 0 Å². The lowest BCUT2D eigenvalue weighted by Gasteiger charge is -2.28. The molecule has 2 amide bonds. The highest BCUT2D eigenvalue weighted by atomic mass is 19.4. The molecule has 1 aromatic rings. The number of carbonyl (C=O) groups is 2. The van der Waals surface area contributed by atoms with E-state index in [1.807, 2.05) is 11.4 Å². The minimum absolute atomic E-state index is 0.0928. The SMILES string of the molecule is N#CCCN(C(=O)CN1CCCC1C(=O)NCC(F)(F)F)c1ccccc1. The van der Waals surface area contributed by atoms with Gasteiger partial charge in [-0.3, -0.25) is 14.5 Å². The van der Waals surface area contributed by atoms with Gasteiger partial charge in [-0.05, 0) is 31.5 Å². The molecule has 1 fully saturated rings. The number of amides is 2. The summed E-state index contributed by atoms with van der Waals surface area (Å²) in [6.45, 7) is -0.818. The zero-order valence-electron chi connectivity index (χ0n) is 14.7. The molecule has 0 spiro atoms. The first-order chi connectivity index (χ1) is 12.8. The lowest BCUT2D eigenvalue weighted by atomic mass is 10.2. The van der Waals surface area contributed by atoms with E-state index in [2.05, 4.69) is 0 Å². The number of nitrogens with zero attached hydrogens (tertiary/aromatic N) is 3. The molecule has 27 heavy (non-hydrogen) atoms. The molecule has 0 bridgehead atoms. The number of rotatable bonds is 7. The van der Waals surface area contributed by atoms with Crippen molar-refractivity contribution in [3.63, 3.8) is 0 Å². The second-order valence-corrected chi connectivity index (χ2v) is 6.25. The third kappa shape index (κ3) is 6.25. The Morgan fingerprint density at radius 2 is 2.00 bits per heavy atom. The minimum atomic E-state index is -4.48. The van der Waals surface area contributed by atoms with Gasteiger partial charge in [0.1, 0.15) is 6.54 Å². The molecule has 0 radical (unpaired) electrons. The van der Waals surface area contributed by atoms with Gasteiger partial charge in [0, 0.05) is 12.2 Å². The van der Waals surface area contributed by atoms with Crippen LogP contribution < -0.4 is 10.2 Å². The molecular formula is C18H21F3N4O2. The molecule has 0 saturated carbocycles. The molecule has 1 aliphatic heterocycles. The quantitative estimate of drug-likeness (QED) is 0.783. The normalized spacial score (nSPS) is 17.3. The lowest BCUT2D eigenvalue weighted by molar-refractivity contribution is -0.141. The van der Waals surface area contributed by atoms with Crippen LogP contribution in [0.4, 0.5) is 18.9 Å². The van der Waals surface area contributed by atoms with E-state index in [1.54, 1.807) is 35.2 Å². The zero-order chi connectivity index (χ0) is 19.9. The van der Waals surface area contributed by atoms with Crippen molar-refractivity contribution in [1.29, 1.82) is 5.26 Å². The zero-order valence-corrected chi connectivity index (χ0v) is 14.7. The van der Waals surface area contributed by atoms with Gasteiger partial charge < -0.3 is 10.2 Å². The van der Waals surface area contributed by atoms with E-state index in [0.717, 1.165) is 0 Å². The number of halogens is 3. The standard InChI is InChI=1S/C18H21F3N4O2/c19-18(20,21)13-23-17(27)15-8-4-10-24(15)12-16(26)25(11-5-9-22)14-6-2-1-3-7-14/h1-3,6-7,15H,4-5,8,10-13H2,(H,23,27). The average molecular weight is 382 g/mol. The molecule has 1 aliphatic rings. The van der Waals surface area contributed by atoms with Crippen molar-refractivity contribution in [1.82, 2.24) is 10.2 Å². The van der Waals surface area contributed by atoms with Crippen molar-refractivity contribution in [2.24, 2.45) is 0 Å². The maximum atomic E-state index is 12.8. The van der Waals surface area contributed by atoms with Crippen molar-refractivity contribution in [2.75, 3.05) is 31.1 Å². The van der Waals surface area contributed by atoms with Crippen LogP contribution in [0.15, 0.2) is 30.3 Å². The summed E-state index contributed by atoms with van der Waals surface area (Å²) in [6, 6.07) is 10.1.